The summed E-state index contributed by atoms with van der Waals surface area (Å²) in [6.07, 6.45) is 2.97. The van der Waals surface area contributed by atoms with E-state index in [-0.39, 0.29) is 11.6 Å². The van der Waals surface area contributed by atoms with Gasteiger partial charge in [0.25, 0.3) is 10.0 Å². The SMILES string of the molecule is CCC(C)(O)CNS(=O)(=O)c1cnc[nH]1. The molecule has 0 amide bonds. The molecular weight excluding hydrogens is 218 g/mol. The minimum atomic E-state index is -3.59. The van der Waals surface area contributed by atoms with Crippen LogP contribution < -0.4 is 4.72 Å². The summed E-state index contributed by atoms with van der Waals surface area (Å²) in [6, 6.07) is 0. The van der Waals surface area contributed by atoms with Crippen LogP contribution in [0.25, 0.3) is 0 Å². The van der Waals surface area contributed by atoms with Crippen molar-refractivity contribution in [2.24, 2.45) is 0 Å². The number of imidazole rings is 1. The Bertz CT molecular complexity index is 397. The molecule has 15 heavy (non-hydrogen) atoms. The molecule has 3 N–H and O–H groups in total. The highest BCUT2D eigenvalue weighted by Gasteiger charge is 2.22. The summed E-state index contributed by atoms with van der Waals surface area (Å²) in [4.78, 5) is 6.10. The van der Waals surface area contributed by atoms with Gasteiger partial charge in [0.2, 0.25) is 0 Å². The van der Waals surface area contributed by atoms with Gasteiger partial charge in [-0.3, -0.25) is 0 Å². The van der Waals surface area contributed by atoms with E-state index in [0.29, 0.717) is 6.42 Å². The van der Waals surface area contributed by atoms with Crippen molar-refractivity contribution >= 4 is 10.0 Å². The fraction of sp³-hybridized carbons (Fsp3) is 0.625. The monoisotopic (exact) mass is 233 g/mol. The third kappa shape index (κ3) is 3.29. The average Bonchev–Trinajstić information content (AvgIpc) is 2.69. The first-order valence-corrected chi connectivity index (χ1v) is 6.06. The summed E-state index contributed by atoms with van der Waals surface area (Å²) in [5, 5.41) is 9.63. The topological polar surface area (TPSA) is 95.1 Å². The van der Waals surface area contributed by atoms with E-state index in [1.54, 1.807) is 13.8 Å². The van der Waals surface area contributed by atoms with Gasteiger partial charge < -0.3 is 10.1 Å². The normalized spacial score (nSPS) is 16.2. The highest BCUT2D eigenvalue weighted by atomic mass is 32.2. The number of aliphatic hydroxyl groups is 1. The highest BCUT2D eigenvalue weighted by molar-refractivity contribution is 7.89. The summed E-state index contributed by atoms with van der Waals surface area (Å²) in [5.74, 6) is 0. The van der Waals surface area contributed by atoms with Gasteiger partial charge in [0.15, 0.2) is 5.03 Å². The van der Waals surface area contributed by atoms with E-state index in [4.69, 9.17) is 0 Å². The Kier molecular flexibility index (Phi) is 3.48. The molecule has 0 aliphatic carbocycles. The summed E-state index contributed by atoms with van der Waals surface area (Å²) in [5.41, 5.74) is -1.03. The molecule has 1 heterocycles. The van der Waals surface area contributed by atoms with Gasteiger partial charge in [-0.15, -0.1) is 0 Å². The predicted octanol–water partition coefficient (Wildman–Crippen LogP) is -0.151. The fourth-order valence-electron chi connectivity index (χ4n) is 0.843. The number of rotatable bonds is 5. The van der Waals surface area contributed by atoms with Crippen LogP contribution in [0.3, 0.4) is 0 Å². The summed E-state index contributed by atoms with van der Waals surface area (Å²) in [6.45, 7) is 3.33. The lowest BCUT2D eigenvalue weighted by Crippen LogP contribution is -2.40. The van der Waals surface area contributed by atoms with E-state index in [1.165, 1.54) is 12.5 Å². The molecule has 0 saturated heterocycles. The first-order chi connectivity index (χ1) is 6.87. The summed E-state index contributed by atoms with van der Waals surface area (Å²) < 4.78 is 25.4. The lowest BCUT2D eigenvalue weighted by Gasteiger charge is -2.21. The zero-order valence-corrected chi connectivity index (χ0v) is 9.50. The number of sulfonamides is 1. The van der Waals surface area contributed by atoms with E-state index < -0.39 is 15.6 Å². The smallest absolute Gasteiger partial charge is 0.257 e. The van der Waals surface area contributed by atoms with Crippen molar-refractivity contribution in [2.45, 2.75) is 30.9 Å². The second kappa shape index (κ2) is 4.30. The van der Waals surface area contributed by atoms with Crippen LogP contribution in [0, 0.1) is 0 Å². The van der Waals surface area contributed by atoms with Crippen LogP contribution in [-0.2, 0) is 10.0 Å². The molecule has 0 aliphatic rings. The van der Waals surface area contributed by atoms with Gasteiger partial charge >= 0.3 is 0 Å². The number of nitrogens with zero attached hydrogens (tertiary/aromatic N) is 1. The van der Waals surface area contributed by atoms with Crippen LogP contribution >= 0.6 is 0 Å². The molecule has 1 rings (SSSR count). The Morgan fingerprint density at radius 1 is 1.67 bits per heavy atom. The molecule has 0 aromatic carbocycles. The largest absolute Gasteiger partial charge is 0.389 e. The predicted molar refractivity (Wildman–Crippen MR) is 54.7 cm³/mol. The van der Waals surface area contributed by atoms with Crippen molar-refractivity contribution in [3.63, 3.8) is 0 Å². The fourth-order valence-corrected chi connectivity index (χ4v) is 1.91. The van der Waals surface area contributed by atoms with Crippen LogP contribution in [0.4, 0.5) is 0 Å². The Hall–Kier alpha value is -0.920. The Morgan fingerprint density at radius 2 is 2.33 bits per heavy atom. The minimum Gasteiger partial charge on any atom is -0.389 e. The highest BCUT2D eigenvalue weighted by Crippen LogP contribution is 2.09. The lowest BCUT2D eigenvalue weighted by molar-refractivity contribution is 0.0613. The average molecular weight is 233 g/mol. The molecule has 0 aliphatic heterocycles. The zero-order chi connectivity index (χ0) is 11.5. The Balaban J connectivity index is 2.67. The van der Waals surface area contributed by atoms with Crippen LogP contribution in [0.15, 0.2) is 17.6 Å². The zero-order valence-electron chi connectivity index (χ0n) is 8.69. The number of nitrogens with one attached hydrogen (secondary N) is 2. The maximum atomic E-state index is 11.6. The van der Waals surface area contributed by atoms with Crippen LogP contribution in [0.5, 0.6) is 0 Å². The maximum absolute atomic E-state index is 11.6. The second-order valence-corrected chi connectivity index (χ2v) is 5.33. The van der Waals surface area contributed by atoms with E-state index in [2.05, 4.69) is 14.7 Å². The molecule has 7 heteroatoms. The van der Waals surface area contributed by atoms with Crippen molar-refractivity contribution in [1.29, 1.82) is 0 Å². The van der Waals surface area contributed by atoms with Gasteiger partial charge in [-0.05, 0) is 13.3 Å². The van der Waals surface area contributed by atoms with E-state index in [0.717, 1.165) is 0 Å². The molecule has 1 aromatic heterocycles. The minimum absolute atomic E-state index is 0.00518. The Morgan fingerprint density at radius 3 is 2.80 bits per heavy atom. The van der Waals surface area contributed by atoms with Gasteiger partial charge in [0, 0.05) is 6.54 Å². The van der Waals surface area contributed by atoms with Gasteiger partial charge in [-0.2, -0.15) is 0 Å². The van der Waals surface area contributed by atoms with Crippen LogP contribution in [-0.4, -0.2) is 35.6 Å². The van der Waals surface area contributed by atoms with E-state index >= 15 is 0 Å². The molecule has 1 atom stereocenters. The molecule has 6 nitrogen and oxygen atoms in total. The standard InChI is InChI=1S/C8H15N3O3S/c1-3-8(2,12)5-11-15(13,14)7-4-9-6-10-7/h4,6,11-12H,3,5H2,1-2H3,(H,9,10). The molecule has 1 unspecified atom stereocenters. The lowest BCUT2D eigenvalue weighted by atomic mass is 10.1. The van der Waals surface area contributed by atoms with Crippen molar-refractivity contribution in [3.8, 4) is 0 Å². The van der Waals surface area contributed by atoms with E-state index in [9.17, 15) is 13.5 Å². The van der Waals surface area contributed by atoms with Gasteiger partial charge in [-0.1, -0.05) is 6.92 Å². The van der Waals surface area contributed by atoms with Gasteiger partial charge in [0.1, 0.15) is 0 Å². The summed E-state index contributed by atoms with van der Waals surface area (Å²) in [7, 11) is -3.59. The summed E-state index contributed by atoms with van der Waals surface area (Å²) >= 11 is 0. The first-order valence-electron chi connectivity index (χ1n) is 4.58. The van der Waals surface area contributed by atoms with Crippen LogP contribution in [0.2, 0.25) is 0 Å². The van der Waals surface area contributed by atoms with Gasteiger partial charge in [-0.25, -0.2) is 18.1 Å². The molecule has 0 radical (unpaired) electrons. The molecule has 1 aromatic rings. The molecule has 0 saturated carbocycles. The van der Waals surface area contributed by atoms with Crippen molar-refractivity contribution < 1.29 is 13.5 Å². The molecular formula is C8H15N3O3S. The second-order valence-electron chi connectivity index (χ2n) is 3.59. The Labute approximate surface area is 88.8 Å². The maximum Gasteiger partial charge on any atom is 0.257 e. The number of H-pyrrole nitrogens is 1. The van der Waals surface area contributed by atoms with Crippen molar-refractivity contribution in [2.75, 3.05) is 6.54 Å². The first kappa shape index (κ1) is 12.2. The van der Waals surface area contributed by atoms with Crippen molar-refractivity contribution in [3.05, 3.63) is 12.5 Å². The third-order valence-corrected chi connectivity index (χ3v) is 3.49. The van der Waals surface area contributed by atoms with Crippen molar-refractivity contribution in [1.82, 2.24) is 14.7 Å². The number of hydrogen-bond donors (Lipinski definition) is 3. The number of aromatic nitrogens is 2. The molecule has 0 fully saturated rings. The number of aromatic amines is 1. The molecule has 86 valence electrons. The molecule has 0 bridgehead atoms. The number of hydrogen-bond acceptors (Lipinski definition) is 4. The quantitative estimate of drug-likeness (QED) is 0.659. The molecule has 0 spiro atoms. The van der Waals surface area contributed by atoms with Crippen LogP contribution in [0.1, 0.15) is 20.3 Å². The van der Waals surface area contributed by atoms with Gasteiger partial charge in [0.05, 0.1) is 18.1 Å². The third-order valence-electron chi connectivity index (χ3n) is 2.17. The van der Waals surface area contributed by atoms with E-state index in [1.807, 2.05) is 0 Å².